The molecule has 0 aliphatic heterocycles. The molecule has 23 heavy (non-hydrogen) atoms. The molecule has 0 atom stereocenters. The first-order valence-electron chi connectivity index (χ1n) is 7.04. The number of nitrogens with one attached hydrogen (secondary N) is 1. The van der Waals surface area contributed by atoms with Crippen LogP contribution < -0.4 is 5.32 Å². The molecule has 0 bridgehead atoms. The lowest BCUT2D eigenvalue weighted by atomic mass is 10.1. The van der Waals surface area contributed by atoms with Crippen LogP contribution in [0.15, 0.2) is 36.4 Å². The molecule has 6 heteroatoms. The maximum atomic E-state index is 13.2. The van der Waals surface area contributed by atoms with E-state index in [4.69, 9.17) is 16.3 Å². The van der Waals surface area contributed by atoms with Gasteiger partial charge in [-0.1, -0.05) is 11.6 Å². The Morgan fingerprint density at radius 2 is 1.83 bits per heavy atom. The molecule has 0 radical (unpaired) electrons. The largest absolute Gasteiger partial charge is 0.385 e. The fourth-order valence-corrected chi connectivity index (χ4v) is 2.43. The summed E-state index contributed by atoms with van der Waals surface area (Å²) in [5.41, 5.74) is 1.27. The molecule has 0 aromatic heterocycles. The third-order valence-corrected chi connectivity index (χ3v) is 3.37. The van der Waals surface area contributed by atoms with Gasteiger partial charge in [-0.05, 0) is 48.7 Å². The van der Waals surface area contributed by atoms with Crippen molar-refractivity contribution < 1.29 is 18.3 Å². The first-order chi connectivity index (χ1) is 11.0. The molecule has 0 unspecified atom stereocenters. The summed E-state index contributed by atoms with van der Waals surface area (Å²) in [7, 11) is 1.62. The Bertz CT molecular complexity index is 687. The van der Waals surface area contributed by atoms with Crippen LogP contribution in [0.2, 0.25) is 5.02 Å². The van der Waals surface area contributed by atoms with Gasteiger partial charge in [-0.3, -0.25) is 4.79 Å². The van der Waals surface area contributed by atoms with Gasteiger partial charge in [-0.2, -0.15) is 0 Å². The van der Waals surface area contributed by atoms with Crippen LogP contribution in [0, 0.1) is 11.6 Å². The number of hydrogen-bond donors (Lipinski definition) is 1. The number of rotatable bonds is 6. The number of ether oxygens (including phenoxy) is 1. The highest BCUT2D eigenvalue weighted by Crippen LogP contribution is 2.19. The van der Waals surface area contributed by atoms with Gasteiger partial charge in [0.05, 0.1) is 0 Å². The molecule has 2 rings (SSSR count). The van der Waals surface area contributed by atoms with E-state index < -0.39 is 17.5 Å². The van der Waals surface area contributed by atoms with E-state index in [0.29, 0.717) is 23.6 Å². The Hall–Kier alpha value is -1.98. The second-order valence-electron chi connectivity index (χ2n) is 5.06. The second kappa shape index (κ2) is 8.04. The number of benzene rings is 2. The molecule has 2 aromatic rings. The van der Waals surface area contributed by atoms with Crippen LogP contribution in [-0.2, 0) is 11.2 Å². The number of halogens is 3. The van der Waals surface area contributed by atoms with Crippen LogP contribution in [0.25, 0.3) is 0 Å². The molecule has 3 nitrogen and oxygen atoms in total. The van der Waals surface area contributed by atoms with Gasteiger partial charge in [0.25, 0.3) is 5.91 Å². The topological polar surface area (TPSA) is 38.3 Å². The molecule has 1 amide bonds. The number of carbonyl (C=O) groups excluding carboxylic acids is 1. The van der Waals surface area contributed by atoms with Gasteiger partial charge < -0.3 is 10.1 Å². The van der Waals surface area contributed by atoms with Gasteiger partial charge in [0.15, 0.2) is 0 Å². The minimum absolute atomic E-state index is 0.0495. The van der Waals surface area contributed by atoms with Crippen molar-refractivity contribution in [2.24, 2.45) is 0 Å². The van der Waals surface area contributed by atoms with Crippen LogP contribution >= 0.6 is 11.6 Å². The number of anilines is 1. The first-order valence-corrected chi connectivity index (χ1v) is 7.41. The van der Waals surface area contributed by atoms with Gasteiger partial charge in [-0.15, -0.1) is 0 Å². The van der Waals surface area contributed by atoms with Crippen molar-refractivity contribution in [2.45, 2.75) is 12.8 Å². The molecule has 0 spiro atoms. The van der Waals surface area contributed by atoms with E-state index in [0.717, 1.165) is 30.2 Å². The Kier molecular flexibility index (Phi) is 6.07. The average molecular weight is 340 g/mol. The zero-order valence-corrected chi connectivity index (χ0v) is 13.3. The van der Waals surface area contributed by atoms with E-state index >= 15 is 0 Å². The lowest BCUT2D eigenvalue weighted by molar-refractivity contribution is 0.102. The normalized spacial score (nSPS) is 10.6. The van der Waals surface area contributed by atoms with Gasteiger partial charge in [0, 0.05) is 36.1 Å². The van der Waals surface area contributed by atoms with E-state index in [1.807, 2.05) is 0 Å². The molecule has 0 aliphatic rings. The SMILES string of the molecule is COCCCc1cc(Cl)cc(C(=O)Nc2cc(F)cc(F)c2)c1. The maximum Gasteiger partial charge on any atom is 0.255 e. The number of methoxy groups -OCH3 is 1. The van der Waals surface area contributed by atoms with Crippen LogP contribution in [0.3, 0.4) is 0 Å². The van der Waals surface area contributed by atoms with Crippen LogP contribution in [0.5, 0.6) is 0 Å². The molecule has 0 aliphatic carbocycles. The van der Waals surface area contributed by atoms with Crippen molar-refractivity contribution in [3.63, 3.8) is 0 Å². The van der Waals surface area contributed by atoms with Gasteiger partial charge in [0.1, 0.15) is 11.6 Å². The summed E-state index contributed by atoms with van der Waals surface area (Å²) in [6, 6.07) is 7.81. The predicted octanol–water partition coefficient (Wildman–Crippen LogP) is 4.45. The highest BCUT2D eigenvalue weighted by molar-refractivity contribution is 6.31. The highest BCUT2D eigenvalue weighted by atomic mass is 35.5. The van der Waals surface area contributed by atoms with Crippen molar-refractivity contribution in [3.05, 3.63) is 64.2 Å². The first kappa shape index (κ1) is 17.4. The predicted molar refractivity (Wildman–Crippen MR) is 86.0 cm³/mol. The van der Waals surface area contributed by atoms with Crippen LogP contribution in [-0.4, -0.2) is 19.6 Å². The van der Waals surface area contributed by atoms with E-state index in [2.05, 4.69) is 5.32 Å². The molecule has 122 valence electrons. The third kappa shape index (κ3) is 5.30. The Balaban J connectivity index is 2.14. The third-order valence-electron chi connectivity index (χ3n) is 3.15. The van der Waals surface area contributed by atoms with Crippen molar-refractivity contribution in [1.82, 2.24) is 0 Å². The molecule has 1 N–H and O–H groups in total. The molecule has 0 saturated heterocycles. The smallest absolute Gasteiger partial charge is 0.255 e. The van der Waals surface area contributed by atoms with Gasteiger partial charge in [0.2, 0.25) is 0 Å². The standard InChI is InChI=1S/C17H16ClF2NO2/c1-23-4-2-3-11-5-12(7-13(18)6-11)17(22)21-16-9-14(19)8-15(20)10-16/h5-10H,2-4H2,1H3,(H,21,22). The van der Waals surface area contributed by atoms with E-state index in [-0.39, 0.29) is 5.69 Å². The average Bonchev–Trinajstić information content (AvgIpc) is 2.46. The molecule has 0 saturated carbocycles. The van der Waals surface area contributed by atoms with Crippen molar-refractivity contribution >= 4 is 23.2 Å². The molecule has 2 aromatic carbocycles. The highest BCUT2D eigenvalue weighted by Gasteiger charge is 2.10. The zero-order valence-electron chi connectivity index (χ0n) is 12.5. The molecule has 0 heterocycles. The van der Waals surface area contributed by atoms with Crippen molar-refractivity contribution in [1.29, 1.82) is 0 Å². The van der Waals surface area contributed by atoms with Crippen molar-refractivity contribution in [2.75, 3.05) is 19.0 Å². The summed E-state index contributed by atoms with van der Waals surface area (Å²) in [6.45, 7) is 0.608. The molecular weight excluding hydrogens is 324 g/mol. The minimum atomic E-state index is -0.758. The quantitative estimate of drug-likeness (QED) is 0.790. The number of carbonyl (C=O) groups is 1. The minimum Gasteiger partial charge on any atom is -0.385 e. The fraction of sp³-hybridized carbons (Fsp3) is 0.235. The summed E-state index contributed by atoms with van der Waals surface area (Å²) in [6.07, 6.45) is 1.51. The van der Waals surface area contributed by atoms with Gasteiger partial charge in [-0.25, -0.2) is 8.78 Å². The maximum absolute atomic E-state index is 13.2. The summed E-state index contributed by atoms with van der Waals surface area (Å²) in [5, 5.41) is 2.89. The summed E-state index contributed by atoms with van der Waals surface area (Å²) in [5.74, 6) is -2.00. The van der Waals surface area contributed by atoms with Crippen LogP contribution in [0.1, 0.15) is 22.3 Å². The molecule has 0 fully saturated rings. The number of amides is 1. The van der Waals surface area contributed by atoms with E-state index in [1.165, 1.54) is 6.07 Å². The Morgan fingerprint density at radius 3 is 2.48 bits per heavy atom. The number of aryl methyl sites for hydroxylation is 1. The summed E-state index contributed by atoms with van der Waals surface area (Å²) < 4.78 is 31.3. The lowest BCUT2D eigenvalue weighted by Gasteiger charge is -2.09. The fourth-order valence-electron chi connectivity index (χ4n) is 2.18. The summed E-state index contributed by atoms with van der Waals surface area (Å²) in [4.78, 5) is 12.2. The Morgan fingerprint density at radius 1 is 1.13 bits per heavy atom. The van der Waals surface area contributed by atoms with E-state index in [1.54, 1.807) is 19.2 Å². The number of hydrogen-bond acceptors (Lipinski definition) is 2. The lowest BCUT2D eigenvalue weighted by Crippen LogP contribution is -2.12. The zero-order chi connectivity index (χ0) is 16.8. The van der Waals surface area contributed by atoms with Crippen LogP contribution in [0.4, 0.5) is 14.5 Å². The monoisotopic (exact) mass is 339 g/mol. The Labute approximate surface area is 138 Å². The van der Waals surface area contributed by atoms with E-state index in [9.17, 15) is 13.6 Å². The second-order valence-corrected chi connectivity index (χ2v) is 5.49. The molecular formula is C17H16ClF2NO2. The van der Waals surface area contributed by atoms with Crippen molar-refractivity contribution in [3.8, 4) is 0 Å². The summed E-state index contributed by atoms with van der Waals surface area (Å²) >= 11 is 6.03. The van der Waals surface area contributed by atoms with Gasteiger partial charge >= 0.3 is 0 Å².